The first-order valence-electron chi connectivity index (χ1n) is 7.40. The number of nitrogens with one attached hydrogen (secondary N) is 1. The summed E-state index contributed by atoms with van der Waals surface area (Å²) in [6.45, 7) is 15.8. The Hall–Kier alpha value is -0.170. The van der Waals surface area contributed by atoms with E-state index in [1.807, 2.05) is 0 Å². The minimum absolute atomic E-state index is 0.0146. The number of hydrogen-bond acceptors (Lipinski definition) is 3. The molecule has 0 fully saturated rings. The Morgan fingerprint density at radius 2 is 1.57 bits per heavy atom. The van der Waals surface area contributed by atoms with Gasteiger partial charge in [-0.3, -0.25) is 14.9 Å². The summed E-state index contributed by atoms with van der Waals surface area (Å²) < 4.78 is 5.82. The highest BCUT2D eigenvalue weighted by Crippen LogP contribution is 2.42. The van der Waals surface area contributed by atoms with Crippen LogP contribution in [0.2, 0.25) is 0 Å². The molecule has 4 nitrogen and oxygen atoms in total. The van der Waals surface area contributed by atoms with Crippen LogP contribution in [0.25, 0.3) is 0 Å². The molecule has 0 aromatic heterocycles. The Morgan fingerprint density at radius 3 is 1.95 bits per heavy atom. The van der Waals surface area contributed by atoms with E-state index >= 15 is 0 Å². The lowest BCUT2D eigenvalue weighted by molar-refractivity contribution is -0.130. The minimum atomic E-state index is -0.342. The van der Waals surface area contributed by atoms with Crippen LogP contribution < -0.4 is 5.32 Å². The molecule has 0 spiro atoms. The van der Waals surface area contributed by atoms with Crippen molar-refractivity contribution < 1.29 is 14.3 Å². The fraction of sp³-hybridized carbons (Fsp3) is 0.875. The molecular formula is C16H30INO3. The van der Waals surface area contributed by atoms with Crippen molar-refractivity contribution in [1.29, 1.82) is 0 Å². The van der Waals surface area contributed by atoms with Crippen molar-refractivity contribution in [2.45, 2.75) is 73.3 Å². The highest BCUT2D eigenvalue weighted by molar-refractivity contribution is 14.1. The molecule has 1 N–H and O–H groups in total. The zero-order chi connectivity index (χ0) is 16.9. The molecule has 0 rings (SSSR count). The number of ether oxygens (including phenoxy) is 1. The predicted octanol–water partition coefficient (Wildman–Crippen LogP) is 4.70. The summed E-state index contributed by atoms with van der Waals surface area (Å²) in [5, 5.41) is 2.26. The lowest BCUT2D eigenvalue weighted by atomic mass is 9.69. The molecule has 0 saturated heterocycles. The molecule has 0 aliphatic carbocycles. The van der Waals surface area contributed by atoms with Crippen LogP contribution in [0.4, 0.5) is 4.79 Å². The van der Waals surface area contributed by atoms with Crippen LogP contribution in [0.15, 0.2) is 0 Å². The summed E-state index contributed by atoms with van der Waals surface area (Å²) in [4.78, 5) is 22.2. The van der Waals surface area contributed by atoms with Gasteiger partial charge in [0.15, 0.2) is 0 Å². The van der Waals surface area contributed by atoms with Gasteiger partial charge in [-0.25, -0.2) is 0 Å². The number of carbonyl (C=O) groups excluding carboxylic acids is 2. The summed E-state index contributed by atoms with van der Waals surface area (Å²) >= 11 is 1.55. The van der Waals surface area contributed by atoms with Gasteiger partial charge in [0, 0.05) is 35.6 Å². The molecule has 0 aliphatic rings. The SMILES string of the molecule is CC(C)(C)CC(C)(OCCCC(=O)NC(=O)I)C(C)(C)C. The maximum absolute atomic E-state index is 11.4. The molecule has 0 aliphatic heterocycles. The molecule has 21 heavy (non-hydrogen) atoms. The highest BCUT2D eigenvalue weighted by atomic mass is 127. The minimum Gasteiger partial charge on any atom is -0.375 e. The van der Waals surface area contributed by atoms with Crippen molar-refractivity contribution in [2.24, 2.45) is 10.8 Å². The predicted molar refractivity (Wildman–Crippen MR) is 94.7 cm³/mol. The van der Waals surface area contributed by atoms with Gasteiger partial charge in [-0.05, 0) is 30.6 Å². The number of hydrogen-bond donors (Lipinski definition) is 1. The molecule has 1 unspecified atom stereocenters. The van der Waals surface area contributed by atoms with Crippen molar-refractivity contribution in [3.05, 3.63) is 0 Å². The molecule has 0 saturated carbocycles. The van der Waals surface area contributed by atoms with Crippen molar-refractivity contribution in [1.82, 2.24) is 5.32 Å². The first-order chi connectivity index (χ1) is 9.27. The Labute approximate surface area is 142 Å². The fourth-order valence-electron chi connectivity index (χ4n) is 2.25. The topological polar surface area (TPSA) is 55.4 Å². The van der Waals surface area contributed by atoms with Gasteiger partial charge in [0.2, 0.25) is 5.91 Å². The quantitative estimate of drug-likeness (QED) is 0.299. The van der Waals surface area contributed by atoms with Gasteiger partial charge in [0.1, 0.15) is 0 Å². The standard InChI is InChI=1S/C16H30INO3/c1-14(2,3)11-16(7,15(4,5)6)21-10-8-9-12(19)18-13(17)20/h8-11H2,1-7H3,(H,18,19,20). The number of halogens is 1. The average Bonchev–Trinajstić information content (AvgIpc) is 2.19. The van der Waals surface area contributed by atoms with Gasteiger partial charge >= 0.3 is 0 Å². The summed E-state index contributed by atoms with van der Waals surface area (Å²) in [6, 6.07) is 0. The lowest BCUT2D eigenvalue weighted by Crippen LogP contribution is -2.45. The Balaban J connectivity index is 4.46. The zero-order valence-electron chi connectivity index (χ0n) is 14.4. The normalized spacial score (nSPS) is 15.4. The van der Waals surface area contributed by atoms with E-state index in [1.165, 1.54) is 0 Å². The van der Waals surface area contributed by atoms with Gasteiger partial charge in [0.25, 0.3) is 3.91 Å². The number of amides is 2. The molecule has 0 aromatic carbocycles. The third-order valence-corrected chi connectivity index (χ3v) is 3.93. The third kappa shape index (κ3) is 8.76. The maximum atomic E-state index is 11.4. The summed E-state index contributed by atoms with van der Waals surface area (Å²) in [5.74, 6) is -0.244. The van der Waals surface area contributed by atoms with Gasteiger partial charge in [-0.15, -0.1) is 0 Å². The van der Waals surface area contributed by atoms with Crippen molar-refractivity contribution in [2.75, 3.05) is 6.61 Å². The number of imide groups is 1. The number of carbonyl (C=O) groups is 2. The van der Waals surface area contributed by atoms with Crippen LogP contribution in [0, 0.1) is 10.8 Å². The Bertz CT molecular complexity index is 369. The molecule has 0 aromatic rings. The first kappa shape index (κ1) is 20.8. The zero-order valence-corrected chi connectivity index (χ0v) is 16.6. The monoisotopic (exact) mass is 411 g/mol. The van der Waals surface area contributed by atoms with E-state index in [0.29, 0.717) is 19.4 Å². The lowest BCUT2D eigenvalue weighted by Gasteiger charge is -2.45. The van der Waals surface area contributed by atoms with Gasteiger partial charge < -0.3 is 4.74 Å². The molecule has 5 heteroatoms. The van der Waals surface area contributed by atoms with Crippen LogP contribution in [-0.4, -0.2) is 22.0 Å². The van der Waals surface area contributed by atoms with Gasteiger partial charge in [-0.2, -0.15) is 0 Å². The van der Waals surface area contributed by atoms with E-state index < -0.39 is 0 Å². The third-order valence-electron chi connectivity index (χ3n) is 3.66. The smallest absolute Gasteiger partial charge is 0.287 e. The molecule has 124 valence electrons. The molecule has 2 amide bonds. The number of rotatable bonds is 6. The van der Waals surface area contributed by atoms with E-state index in [2.05, 4.69) is 53.8 Å². The van der Waals surface area contributed by atoms with Crippen LogP contribution >= 0.6 is 22.6 Å². The molecule has 0 radical (unpaired) electrons. The molecule has 1 atom stereocenters. The second kappa shape index (κ2) is 7.90. The largest absolute Gasteiger partial charge is 0.375 e. The van der Waals surface area contributed by atoms with E-state index in [-0.39, 0.29) is 26.3 Å². The Morgan fingerprint density at radius 1 is 1.05 bits per heavy atom. The van der Waals surface area contributed by atoms with Gasteiger partial charge in [0.05, 0.1) is 5.60 Å². The van der Waals surface area contributed by atoms with Gasteiger partial charge in [-0.1, -0.05) is 41.5 Å². The summed E-state index contributed by atoms with van der Waals surface area (Å²) in [7, 11) is 0. The molecular weight excluding hydrogens is 381 g/mol. The first-order valence-corrected chi connectivity index (χ1v) is 8.48. The van der Waals surface area contributed by atoms with E-state index in [1.54, 1.807) is 22.6 Å². The second-order valence-corrected chi connectivity index (χ2v) is 8.97. The Kier molecular flexibility index (Phi) is 7.84. The highest BCUT2D eigenvalue weighted by Gasteiger charge is 2.41. The van der Waals surface area contributed by atoms with Crippen LogP contribution in [-0.2, 0) is 9.53 Å². The maximum Gasteiger partial charge on any atom is 0.287 e. The second-order valence-electron chi connectivity index (χ2n) is 7.99. The van der Waals surface area contributed by atoms with E-state index in [4.69, 9.17) is 4.74 Å². The van der Waals surface area contributed by atoms with Crippen LogP contribution in [0.5, 0.6) is 0 Å². The van der Waals surface area contributed by atoms with E-state index in [0.717, 1.165) is 6.42 Å². The van der Waals surface area contributed by atoms with Crippen molar-refractivity contribution in [3.8, 4) is 0 Å². The van der Waals surface area contributed by atoms with Crippen molar-refractivity contribution >= 4 is 32.4 Å². The van der Waals surface area contributed by atoms with E-state index in [9.17, 15) is 9.59 Å². The summed E-state index contributed by atoms with van der Waals surface area (Å²) in [5.41, 5.74) is -0.0610. The average molecular weight is 411 g/mol. The van der Waals surface area contributed by atoms with Crippen LogP contribution in [0.3, 0.4) is 0 Å². The fourth-order valence-corrected chi connectivity index (χ4v) is 2.55. The summed E-state index contributed by atoms with van der Waals surface area (Å²) in [6.07, 6.45) is 1.87. The molecule has 0 heterocycles. The van der Waals surface area contributed by atoms with Crippen LogP contribution in [0.1, 0.15) is 67.7 Å². The molecule has 0 bridgehead atoms. The van der Waals surface area contributed by atoms with Crippen molar-refractivity contribution in [3.63, 3.8) is 0 Å².